The largest absolute Gasteiger partial charge is 0.277 e. The van der Waals surface area contributed by atoms with Crippen molar-refractivity contribution in [3.8, 4) is 0 Å². The summed E-state index contributed by atoms with van der Waals surface area (Å²) in [5.74, 6) is 0.564. The maximum Gasteiger partial charge on any atom is 0.260 e. The Labute approximate surface area is 98.8 Å². The van der Waals surface area contributed by atoms with Gasteiger partial charge in [-0.2, -0.15) is 0 Å². The topological polar surface area (TPSA) is 37.4 Å². The highest BCUT2D eigenvalue weighted by Crippen LogP contribution is 2.20. The fourth-order valence-electron chi connectivity index (χ4n) is 1.66. The van der Waals surface area contributed by atoms with Gasteiger partial charge in [-0.1, -0.05) is 18.2 Å². The molecule has 3 nitrogen and oxygen atoms in total. The van der Waals surface area contributed by atoms with Crippen molar-refractivity contribution in [3.63, 3.8) is 0 Å². The standard InChI is InChI=1S/C12H13NO2S/c1-9-11(14)13(7-8-16-9)12(15)10-5-3-2-4-6-10/h2-6,9H,7-8H2,1H3. The molecule has 1 heterocycles. The van der Waals surface area contributed by atoms with Crippen LogP contribution in [0.25, 0.3) is 0 Å². The van der Waals surface area contributed by atoms with Crippen LogP contribution in [0.1, 0.15) is 17.3 Å². The van der Waals surface area contributed by atoms with Crippen molar-refractivity contribution in [3.05, 3.63) is 35.9 Å². The van der Waals surface area contributed by atoms with Crippen LogP contribution in [0, 0.1) is 0 Å². The average molecular weight is 235 g/mol. The molecule has 1 unspecified atom stereocenters. The molecule has 84 valence electrons. The average Bonchev–Trinajstić information content (AvgIpc) is 2.33. The van der Waals surface area contributed by atoms with Gasteiger partial charge in [-0.25, -0.2) is 0 Å². The van der Waals surface area contributed by atoms with Gasteiger partial charge in [0.2, 0.25) is 5.91 Å². The maximum atomic E-state index is 12.1. The second kappa shape index (κ2) is 4.70. The molecule has 1 aliphatic heterocycles. The highest BCUT2D eigenvalue weighted by Gasteiger charge is 2.30. The molecule has 0 N–H and O–H groups in total. The van der Waals surface area contributed by atoms with E-state index in [0.717, 1.165) is 5.75 Å². The number of nitrogens with zero attached hydrogens (tertiary/aromatic N) is 1. The van der Waals surface area contributed by atoms with E-state index in [1.54, 1.807) is 36.0 Å². The molecule has 2 rings (SSSR count). The number of thioether (sulfide) groups is 1. The number of carbonyl (C=O) groups excluding carboxylic acids is 2. The first-order valence-electron chi connectivity index (χ1n) is 5.22. The summed E-state index contributed by atoms with van der Waals surface area (Å²) in [6.45, 7) is 2.36. The minimum absolute atomic E-state index is 0.0786. The molecule has 0 bridgehead atoms. The van der Waals surface area contributed by atoms with E-state index in [1.807, 2.05) is 13.0 Å². The van der Waals surface area contributed by atoms with E-state index in [1.165, 1.54) is 4.90 Å². The molecule has 1 aromatic carbocycles. The van der Waals surface area contributed by atoms with Crippen LogP contribution in [0.15, 0.2) is 30.3 Å². The van der Waals surface area contributed by atoms with Crippen molar-refractivity contribution < 1.29 is 9.59 Å². The van der Waals surface area contributed by atoms with Gasteiger partial charge in [0.15, 0.2) is 0 Å². The van der Waals surface area contributed by atoms with Gasteiger partial charge in [0.05, 0.1) is 5.25 Å². The number of carbonyl (C=O) groups is 2. The molecular weight excluding hydrogens is 222 g/mol. The third kappa shape index (κ3) is 2.11. The smallest absolute Gasteiger partial charge is 0.260 e. The van der Waals surface area contributed by atoms with Crippen LogP contribution in [0.3, 0.4) is 0 Å². The maximum absolute atomic E-state index is 12.1. The lowest BCUT2D eigenvalue weighted by Gasteiger charge is -2.28. The van der Waals surface area contributed by atoms with Gasteiger partial charge in [0, 0.05) is 17.9 Å². The highest BCUT2D eigenvalue weighted by atomic mass is 32.2. The molecule has 0 spiro atoms. The van der Waals surface area contributed by atoms with Gasteiger partial charge in [-0.05, 0) is 19.1 Å². The van der Waals surface area contributed by atoms with E-state index >= 15 is 0 Å². The fraction of sp³-hybridized carbons (Fsp3) is 0.333. The van der Waals surface area contributed by atoms with E-state index in [2.05, 4.69) is 0 Å². The Kier molecular flexibility index (Phi) is 3.29. The second-order valence-corrected chi connectivity index (χ2v) is 5.12. The zero-order chi connectivity index (χ0) is 11.5. The number of hydrogen-bond donors (Lipinski definition) is 0. The Morgan fingerprint density at radius 2 is 2.06 bits per heavy atom. The highest BCUT2D eigenvalue weighted by molar-refractivity contribution is 8.00. The number of rotatable bonds is 1. The van der Waals surface area contributed by atoms with Crippen LogP contribution in [-0.4, -0.2) is 34.3 Å². The first-order valence-corrected chi connectivity index (χ1v) is 6.27. The first kappa shape index (κ1) is 11.2. The molecule has 4 heteroatoms. The summed E-state index contributed by atoms with van der Waals surface area (Å²) in [6, 6.07) is 8.94. The molecule has 1 aliphatic rings. The molecule has 2 amide bonds. The molecule has 0 saturated carbocycles. The summed E-state index contributed by atoms with van der Waals surface area (Å²) in [5.41, 5.74) is 0.579. The van der Waals surface area contributed by atoms with Crippen LogP contribution in [0.2, 0.25) is 0 Å². The van der Waals surface area contributed by atoms with E-state index in [4.69, 9.17) is 0 Å². The van der Waals surface area contributed by atoms with E-state index in [-0.39, 0.29) is 17.1 Å². The molecule has 1 fully saturated rings. The van der Waals surface area contributed by atoms with Crippen LogP contribution in [0.4, 0.5) is 0 Å². The lowest BCUT2D eigenvalue weighted by Crippen LogP contribution is -2.46. The Balaban J connectivity index is 2.19. The van der Waals surface area contributed by atoms with Gasteiger partial charge >= 0.3 is 0 Å². The Morgan fingerprint density at radius 3 is 2.75 bits per heavy atom. The molecule has 1 saturated heterocycles. The summed E-state index contributed by atoms with van der Waals surface area (Å²) in [6.07, 6.45) is 0. The van der Waals surface area contributed by atoms with Gasteiger partial charge in [-0.15, -0.1) is 11.8 Å². The zero-order valence-electron chi connectivity index (χ0n) is 9.05. The number of hydrogen-bond acceptors (Lipinski definition) is 3. The number of benzene rings is 1. The minimum atomic E-state index is -0.183. The molecule has 0 aromatic heterocycles. The normalized spacial score (nSPS) is 20.9. The van der Waals surface area contributed by atoms with Crippen LogP contribution >= 0.6 is 11.8 Å². The van der Waals surface area contributed by atoms with Crippen LogP contribution < -0.4 is 0 Å². The quantitative estimate of drug-likeness (QED) is 0.696. The first-order chi connectivity index (χ1) is 7.70. The van der Waals surface area contributed by atoms with E-state index < -0.39 is 0 Å². The minimum Gasteiger partial charge on any atom is -0.277 e. The Morgan fingerprint density at radius 1 is 1.38 bits per heavy atom. The van der Waals surface area contributed by atoms with Crippen molar-refractivity contribution in [1.82, 2.24) is 4.90 Å². The van der Waals surface area contributed by atoms with Crippen molar-refractivity contribution in [1.29, 1.82) is 0 Å². The van der Waals surface area contributed by atoms with Gasteiger partial charge in [0.1, 0.15) is 0 Å². The lowest BCUT2D eigenvalue weighted by atomic mass is 10.2. The second-order valence-electron chi connectivity index (χ2n) is 3.67. The third-order valence-corrected chi connectivity index (χ3v) is 3.68. The molecule has 1 aromatic rings. The fourth-order valence-corrected chi connectivity index (χ4v) is 2.57. The molecule has 0 radical (unpaired) electrons. The Hall–Kier alpha value is -1.29. The number of amides is 2. The van der Waals surface area contributed by atoms with Gasteiger partial charge in [0.25, 0.3) is 5.91 Å². The van der Waals surface area contributed by atoms with E-state index in [9.17, 15) is 9.59 Å². The summed E-state index contributed by atoms with van der Waals surface area (Å²) in [5, 5.41) is -0.110. The monoisotopic (exact) mass is 235 g/mol. The summed E-state index contributed by atoms with van der Waals surface area (Å²) >= 11 is 1.60. The summed E-state index contributed by atoms with van der Waals surface area (Å²) < 4.78 is 0. The molecule has 1 atom stereocenters. The van der Waals surface area contributed by atoms with Gasteiger partial charge < -0.3 is 0 Å². The zero-order valence-corrected chi connectivity index (χ0v) is 9.87. The van der Waals surface area contributed by atoms with Crippen molar-refractivity contribution >= 4 is 23.6 Å². The van der Waals surface area contributed by atoms with Crippen molar-refractivity contribution in [2.45, 2.75) is 12.2 Å². The SMILES string of the molecule is CC1SCCN(C(=O)c2ccccc2)C1=O. The number of imide groups is 1. The molecule has 16 heavy (non-hydrogen) atoms. The predicted octanol–water partition coefficient (Wildman–Crippen LogP) is 1.79. The summed E-state index contributed by atoms with van der Waals surface area (Å²) in [7, 11) is 0. The lowest BCUT2D eigenvalue weighted by molar-refractivity contribution is -0.127. The van der Waals surface area contributed by atoms with Crippen LogP contribution in [-0.2, 0) is 4.79 Å². The van der Waals surface area contributed by atoms with E-state index in [0.29, 0.717) is 12.1 Å². The predicted molar refractivity (Wildman–Crippen MR) is 64.4 cm³/mol. The van der Waals surface area contributed by atoms with Gasteiger partial charge in [-0.3, -0.25) is 14.5 Å². The van der Waals surface area contributed by atoms with Crippen molar-refractivity contribution in [2.75, 3.05) is 12.3 Å². The molecule has 0 aliphatic carbocycles. The van der Waals surface area contributed by atoms with Crippen molar-refractivity contribution in [2.24, 2.45) is 0 Å². The Bertz CT molecular complexity index is 405. The molecular formula is C12H13NO2S. The van der Waals surface area contributed by atoms with Crippen LogP contribution in [0.5, 0.6) is 0 Å². The summed E-state index contributed by atoms with van der Waals surface area (Å²) in [4.78, 5) is 25.2. The third-order valence-electron chi connectivity index (χ3n) is 2.56.